The number of hydrogen-bond donors (Lipinski definition) is 2. The Balaban J connectivity index is 1.52. The van der Waals surface area contributed by atoms with Crippen LogP contribution in [0.5, 0.6) is 0 Å². The fraction of sp³-hybridized carbons (Fsp3) is 0.389. The standard InChI is InChI=1S/C18H22ClN3O3/c19-15-4-1-3-14(11-15)12-20-18(23)21-13-16(17-5-2-8-25-17)22-6-9-24-10-7-22/h1-5,8,11,16H,6-7,9-10,12-13H2,(H2,20,21,23). The first-order chi connectivity index (χ1) is 12.2. The van der Waals surface area contributed by atoms with Crippen LogP contribution in [-0.4, -0.2) is 43.8 Å². The third kappa shape index (κ3) is 5.22. The molecule has 134 valence electrons. The van der Waals surface area contributed by atoms with E-state index in [-0.39, 0.29) is 12.1 Å². The van der Waals surface area contributed by atoms with Crippen LogP contribution >= 0.6 is 11.6 Å². The molecule has 0 aliphatic carbocycles. The second-order valence-electron chi connectivity index (χ2n) is 5.87. The minimum Gasteiger partial charge on any atom is -0.468 e. The number of hydrogen-bond acceptors (Lipinski definition) is 4. The van der Waals surface area contributed by atoms with Gasteiger partial charge in [-0.1, -0.05) is 23.7 Å². The monoisotopic (exact) mass is 363 g/mol. The zero-order chi connectivity index (χ0) is 17.5. The van der Waals surface area contributed by atoms with E-state index in [1.165, 1.54) is 0 Å². The number of benzene rings is 1. The van der Waals surface area contributed by atoms with Crippen molar-refractivity contribution in [3.05, 3.63) is 59.0 Å². The van der Waals surface area contributed by atoms with Gasteiger partial charge in [-0.15, -0.1) is 0 Å². The van der Waals surface area contributed by atoms with Crippen molar-refractivity contribution in [2.45, 2.75) is 12.6 Å². The Morgan fingerprint density at radius 3 is 2.76 bits per heavy atom. The summed E-state index contributed by atoms with van der Waals surface area (Å²) in [6, 6.07) is 11.0. The molecule has 2 amide bonds. The molecule has 1 fully saturated rings. The third-order valence-corrected chi connectivity index (χ3v) is 4.39. The zero-order valence-corrected chi connectivity index (χ0v) is 14.7. The molecule has 0 spiro atoms. The molecule has 1 aromatic carbocycles. The average Bonchev–Trinajstić information content (AvgIpc) is 3.15. The maximum atomic E-state index is 12.1. The van der Waals surface area contributed by atoms with E-state index in [2.05, 4.69) is 15.5 Å². The number of urea groups is 1. The van der Waals surface area contributed by atoms with E-state index in [0.29, 0.717) is 31.3 Å². The number of halogens is 1. The molecule has 1 saturated heterocycles. The Morgan fingerprint density at radius 1 is 1.20 bits per heavy atom. The number of nitrogens with zero attached hydrogens (tertiary/aromatic N) is 1. The molecule has 1 aromatic heterocycles. The largest absolute Gasteiger partial charge is 0.468 e. The van der Waals surface area contributed by atoms with Gasteiger partial charge in [0.25, 0.3) is 0 Å². The quantitative estimate of drug-likeness (QED) is 0.828. The lowest BCUT2D eigenvalue weighted by Crippen LogP contribution is -2.45. The lowest BCUT2D eigenvalue weighted by molar-refractivity contribution is 0.0123. The van der Waals surface area contributed by atoms with Crippen molar-refractivity contribution in [2.75, 3.05) is 32.8 Å². The first kappa shape index (κ1) is 17.8. The van der Waals surface area contributed by atoms with Crippen LogP contribution in [0.1, 0.15) is 17.4 Å². The van der Waals surface area contributed by atoms with Crippen molar-refractivity contribution in [3.8, 4) is 0 Å². The number of nitrogens with one attached hydrogen (secondary N) is 2. The van der Waals surface area contributed by atoms with Gasteiger partial charge in [0.05, 0.1) is 25.5 Å². The molecule has 3 rings (SSSR count). The summed E-state index contributed by atoms with van der Waals surface area (Å²) in [6.45, 7) is 3.91. The molecule has 2 heterocycles. The first-order valence-corrected chi connectivity index (χ1v) is 8.71. The van der Waals surface area contributed by atoms with Gasteiger partial charge in [-0.05, 0) is 29.8 Å². The van der Waals surface area contributed by atoms with Crippen LogP contribution in [0.3, 0.4) is 0 Å². The molecule has 0 saturated carbocycles. The van der Waals surface area contributed by atoms with Crippen molar-refractivity contribution in [3.63, 3.8) is 0 Å². The molecule has 0 bridgehead atoms. The topological polar surface area (TPSA) is 66.7 Å². The van der Waals surface area contributed by atoms with Gasteiger partial charge in [0.15, 0.2) is 0 Å². The van der Waals surface area contributed by atoms with Gasteiger partial charge >= 0.3 is 6.03 Å². The summed E-state index contributed by atoms with van der Waals surface area (Å²) >= 11 is 5.95. The Hall–Kier alpha value is -2.02. The lowest BCUT2D eigenvalue weighted by atomic mass is 10.1. The highest BCUT2D eigenvalue weighted by Gasteiger charge is 2.25. The summed E-state index contributed by atoms with van der Waals surface area (Å²) in [5.74, 6) is 0.844. The first-order valence-electron chi connectivity index (χ1n) is 8.34. The number of rotatable bonds is 6. The summed E-state index contributed by atoms with van der Waals surface area (Å²) in [5.41, 5.74) is 0.957. The predicted molar refractivity (Wildman–Crippen MR) is 95.5 cm³/mol. The van der Waals surface area contributed by atoms with E-state index < -0.39 is 0 Å². The average molecular weight is 364 g/mol. The highest BCUT2D eigenvalue weighted by Crippen LogP contribution is 2.21. The van der Waals surface area contributed by atoms with Crippen LogP contribution in [0.25, 0.3) is 0 Å². The van der Waals surface area contributed by atoms with E-state index in [1.807, 2.05) is 30.3 Å². The number of amides is 2. The van der Waals surface area contributed by atoms with Gasteiger partial charge < -0.3 is 19.8 Å². The normalized spacial score (nSPS) is 16.4. The number of furan rings is 1. The molecule has 2 aromatic rings. The van der Waals surface area contributed by atoms with Crippen molar-refractivity contribution >= 4 is 17.6 Å². The highest BCUT2D eigenvalue weighted by molar-refractivity contribution is 6.30. The van der Waals surface area contributed by atoms with Gasteiger partial charge in [0.1, 0.15) is 5.76 Å². The Kier molecular flexibility index (Phi) is 6.33. The summed E-state index contributed by atoms with van der Waals surface area (Å²) in [5, 5.41) is 6.43. The summed E-state index contributed by atoms with van der Waals surface area (Å²) in [7, 11) is 0. The molecule has 1 atom stereocenters. The summed E-state index contributed by atoms with van der Waals surface area (Å²) in [6.07, 6.45) is 1.65. The van der Waals surface area contributed by atoms with E-state index in [4.69, 9.17) is 20.8 Å². The zero-order valence-electron chi connectivity index (χ0n) is 13.9. The molecular formula is C18H22ClN3O3. The van der Waals surface area contributed by atoms with Gasteiger partial charge in [0, 0.05) is 31.2 Å². The number of ether oxygens (including phenoxy) is 1. The van der Waals surface area contributed by atoms with Crippen molar-refractivity contribution in [2.24, 2.45) is 0 Å². The minimum absolute atomic E-state index is 0.00387. The fourth-order valence-corrected chi connectivity index (χ4v) is 3.07. The number of carbonyl (C=O) groups is 1. The summed E-state index contributed by atoms with van der Waals surface area (Å²) < 4.78 is 11.0. The minimum atomic E-state index is -0.218. The molecule has 1 aliphatic rings. The van der Waals surface area contributed by atoms with E-state index >= 15 is 0 Å². The van der Waals surface area contributed by atoms with Gasteiger partial charge in [-0.25, -0.2) is 4.79 Å². The predicted octanol–water partition coefficient (Wildman–Crippen LogP) is 2.81. The maximum Gasteiger partial charge on any atom is 0.315 e. The molecule has 2 N–H and O–H groups in total. The van der Waals surface area contributed by atoms with E-state index in [9.17, 15) is 4.79 Å². The number of morpholine rings is 1. The molecule has 0 radical (unpaired) electrons. The molecule has 6 nitrogen and oxygen atoms in total. The molecule has 25 heavy (non-hydrogen) atoms. The Bertz CT molecular complexity index is 672. The second-order valence-corrected chi connectivity index (χ2v) is 6.31. The molecule has 7 heteroatoms. The van der Waals surface area contributed by atoms with Crippen LogP contribution in [0, 0.1) is 0 Å². The highest BCUT2D eigenvalue weighted by atomic mass is 35.5. The summed E-state index contributed by atoms with van der Waals surface area (Å²) in [4.78, 5) is 14.4. The Morgan fingerprint density at radius 2 is 2.04 bits per heavy atom. The fourth-order valence-electron chi connectivity index (χ4n) is 2.86. The van der Waals surface area contributed by atoms with E-state index in [0.717, 1.165) is 24.4 Å². The SMILES string of the molecule is O=C(NCc1cccc(Cl)c1)NCC(c1ccco1)N1CCOCC1. The van der Waals surface area contributed by atoms with E-state index in [1.54, 1.807) is 12.3 Å². The lowest BCUT2D eigenvalue weighted by Gasteiger charge is -2.33. The smallest absolute Gasteiger partial charge is 0.315 e. The molecule has 1 unspecified atom stereocenters. The van der Waals surface area contributed by atoms with Crippen molar-refractivity contribution in [1.82, 2.24) is 15.5 Å². The van der Waals surface area contributed by atoms with Gasteiger partial charge in [-0.3, -0.25) is 4.90 Å². The second kappa shape index (κ2) is 8.89. The van der Waals surface area contributed by atoms with Crippen LogP contribution in [0.15, 0.2) is 47.1 Å². The third-order valence-electron chi connectivity index (χ3n) is 4.16. The maximum absolute atomic E-state index is 12.1. The van der Waals surface area contributed by atoms with Crippen molar-refractivity contribution in [1.29, 1.82) is 0 Å². The van der Waals surface area contributed by atoms with Crippen LogP contribution in [0.4, 0.5) is 4.79 Å². The van der Waals surface area contributed by atoms with Crippen LogP contribution < -0.4 is 10.6 Å². The Labute approximate surface area is 152 Å². The molecule has 1 aliphatic heterocycles. The van der Waals surface area contributed by atoms with Gasteiger partial charge in [-0.2, -0.15) is 0 Å². The van der Waals surface area contributed by atoms with Crippen LogP contribution in [0.2, 0.25) is 5.02 Å². The van der Waals surface area contributed by atoms with Crippen LogP contribution in [-0.2, 0) is 11.3 Å². The number of carbonyl (C=O) groups excluding carboxylic acids is 1. The van der Waals surface area contributed by atoms with Crippen molar-refractivity contribution < 1.29 is 13.9 Å². The molecular weight excluding hydrogens is 342 g/mol. The van der Waals surface area contributed by atoms with Gasteiger partial charge in [0.2, 0.25) is 0 Å².